The van der Waals surface area contributed by atoms with Gasteiger partial charge in [0.05, 0.1) is 11.3 Å². The van der Waals surface area contributed by atoms with Gasteiger partial charge in [-0.3, -0.25) is 9.59 Å². The molecule has 1 fully saturated rings. The van der Waals surface area contributed by atoms with Gasteiger partial charge in [-0.05, 0) is 30.4 Å². The van der Waals surface area contributed by atoms with Crippen LogP contribution in [0.3, 0.4) is 0 Å². The number of Topliss-reactive ketones (excluding diaryl/α,β-unsaturated/α-hetero) is 1. The van der Waals surface area contributed by atoms with Crippen molar-refractivity contribution < 1.29 is 14.7 Å². The van der Waals surface area contributed by atoms with Crippen molar-refractivity contribution in [2.45, 2.75) is 57.8 Å². The molecule has 0 saturated heterocycles. The van der Waals surface area contributed by atoms with Crippen molar-refractivity contribution in [3.8, 4) is 5.88 Å². The molecule has 1 aliphatic carbocycles. The zero-order chi connectivity index (χ0) is 21.3. The highest BCUT2D eigenvalue weighted by molar-refractivity contribution is 6.44. The summed E-state index contributed by atoms with van der Waals surface area (Å²) in [5.74, 6) is -1.73. The summed E-state index contributed by atoms with van der Waals surface area (Å²) < 4.78 is 1.87. The molecule has 4 rings (SSSR count). The third-order valence-electron chi connectivity index (χ3n) is 6.17. The number of aromatic hydroxyl groups is 1. The summed E-state index contributed by atoms with van der Waals surface area (Å²) in [6.45, 7) is 1.94. The molecule has 156 valence electrons. The minimum atomic E-state index is -1.03. The van der Waals surface area contributed by atoms with Crippen LogP contribution in [-0.2, 0) is 17.6 Å². The first kappa shape index (κ1) is 20.1. The Morgan fingerprint density at radius 1 is 1.17 bits per heavy atom. The number of aromatic nitrogens is 2. The number of carbonyl (C=O) groups is 2. The summed E-state index contributed by atoms with van der Waals surface area (Å²) in [7, 11) is 0. The first-order valence-electron chi connectivity index (χ1n) is 10.6. The molecule has 0 spiro atoms. The normalized spacial score (nSPS) is 14.8. The number of ketones is 1. The lowest BCUT2D eigenvalue weighted by atomic mass is 9.87. The maximum atomic E-state index is 12.7. The van der Waals surface area contributed by atoms with Crippen molar-refractivity contribution in [2.24, 2.45) is 5.73 Å². The number of rotatable bonds is 6. The van der Waals surface area contributed by atoms with Crippen LogP contribution in [0.5, 0.6) is 5.88 Å². The van der Waals surface area contributed by atoms with E-state index in [0.29, 0.717) is 18.8 Å². The molecule has 1 amide bonds. The second-order valence-electron chi connectivity index (χ2n) is 8.05. The Labute approximate surface area is 175 Å². The Bertz CT molecular complexity index is 1100. The summed E-state index contributed by atoms with van der Waals surface area (Å²) in [6.07, 6.45) is 8.67. The maximum Gasteiger partial charge on any atom is 0.289 e. The van der Waals surface area contributed by atoms with Crippen LogP contribution in [0.15, 0.2) is 36.5 Å². The molecule has 0 atom stereocenters. The zero-order valence-electron chi connectivity index (χ0n) is 17.2. The van der Waals surface area contributed by atoms with Gasteiger partial charge in [0, 0.05) is 24.2 Å². The largest absolute Gasteiger partial charge is 0.492 e. The smallest absolute Gasteiger partial charge is 0.289 e. The van der Waals surface area contributed by atoms with E-state index >= 15 is 0 Å². The molecular weight excluding hydrogens is 378 g/mol. The van der Waals surface area contributed by atoms with E-state index in [1.807, 2.05) is 47.9 Å². The number of amides is 1. The highest BCUT2D eigenvalue weighted by Gasteiger charge is 2.29. The quantitative estimate of drug-likeness (QED) is 0.480. The van der Waals surface area contributed by atoms with Crippen LogP contribution in [0.1, 0.15) is 77.8 Å². The van der Waals surface area contributed by atoms with Crippen molar-refractivity contribution in [3.63, 3.8) is 0 Å². The summed E-state index contributed by atoms with van der Waals surface area (Å²) >= 11 is 0. The lowest BCUT2D eigenvalue weighted by molar-refractivity contribution is -0.114. The van der Waals surface area contributed by atoms with Gasteiger partial charge in [-0.2, -0.15) is 0 Å². The number of hydrogen-bond acceptors (Lipinski definition) is 4. The molecule has 6 nitrogen and oxygen atoms in total. The van der Waals surface area contributed by atoms with E-state index in [2.05, 4.69) is 4.98 Å². The predicted octanol–water partition coefficient (Wildman–Crippen LogP) is 3.91. The lowest BCUT2D eigenvalue weighted by Crippen LogP contribution is -2.24. The third-order valence-corrected chi connectivity index (χ3v) is 6.17. The molecule has 30 heavy (non-hydrogen) atoms. The summed E-state index contributed by atoms with van der Waals surface area (Å²) in [5.41, 5.74) is 9.34. The Morgan fingerprint density at radius 2 is 1.87 bits per heavy atom. The van der Waals surface area contributed by atoms with Crippen LogP contribution < -0.4 is 5.73 Å². The van der Waals surface area contributed by atoms with E-state index in [1.54, 1.807) is 0 Å². The first-order valence-corrected chi connectivity index (χ1v) is 10.6. The van der Waals surface area contributed by atoms with Gasteiger partial charge in [-0.1, -0.05) is 56.5 Å². The van der Waals surface area contributed by atoms with Gasteiger partial charge in [0.25, 0.3) is 11.7 Å². The van der Waals surface area contributed by atoms with Gasteiger partial charge in [0.1, 0.15) is 5.52 Å². The molecule has 0 radical (unpaired) electrons. The zero-order valence-corrected chi connectivity index (χ0v) is 17.2. The van der Waals surface area contributed by atoms with Crippen molar-refractivity contribution in [1.82, 2.24) is 9.38 Å². The molecule has 1 aromatic carbocycles. The molecule has 3 N–H and O–H groups in total. The number of hydrogen-bond donors (Lipinski definition) is 2. The highest BCUT2D eigenvalue weighted by atomic mass is 16.3. The van der Waals surface area contributed by atoms with Crippen LogP contribution in [0, 0.1) is 0 Å². The molecular formula is C24H27N3O3. The standard InChI is InChI=1S/C24H27N3O3/c1-2-17-19(13-15-9-5-3-6-10-15)27-14-18(16-11-7-4-8-12-16)26-24(30)21(27)20(17)22(28)23(25)29/h3,5-6,9-10,14,16H,2,4,7-8,11-13H2,1H3,(H2,25,29)(H,26,30). The second-order valence-corrected chi connectivity index (χ2v) is 8.05. The number of benzene rings is 1. The summed E-state index contributed by atoms with van der Waals surface area (Å²) in [6, 6.07) is 9.95. The topological polar surface area (TPSA) is 97.7 Å². The van der Waals surface area contributed by atoms with E-state index in [4.69, 9.17) is 5.73 Å². The summed E-state index contributed by atoms with van der Waals surface area (Å²) in [4.78, 5) is 28.9. The van der Waals surface area contributed by atoms with Gasteiger partial charge in [-0.25, -0.2) is 4.98 Å². The Morgan fingerprint density at radius 3 is 2.50 bits per heavy atom. The van der Waals surface area contributed by atoms with E-state index in [0.717, 1.165) is 48.2 Å². The Balaban J connectivity index is 1.96. The van der Waals surface area contributed by atoms with E-state index in [-0.39, 0.29) is 17.0 Å². The average Bonchev–Trinajstić information content (AvgIpc) is 3.08. The fourth-order valence-electron chi connectivity index (χ4n) is 4.71. The number of carbonyl (C=O) groups excluding carboxylic acids is 2. The fourth-order valence-corrected chi connectivity index (χ4v) is 4.71. The van der Waals surface area contributed by atoms with Gasteiger partial charge < -0.3 is 15.2 Å². The number of primary amides is 1. The SMILES string of the molecule is CCc1c(C(=O)C(N)=O)c2c(O)nc(C3CCCCC3)cn2c1Cc1ccccc1. The fraction of sp³-hybridized carbons (Fsp3) is 0.375. The van der Waals surface area contributed by atoms with Crippen LogP contribution in [0.25, 0.3) is 5.52 Å². The average molecular weight is 405 g/mol. The molecule has 0 bridgehead atoms. The minimum Gasteiger partial charge on any atom is -0.492 e. The van der Waals surface area contributed by atoms with Crippen molar-refractivity contribution in [2.75, 3.05) is 0 Å². The predicted molar refractivity (Wildman–Crippen MR) is 115 cm³/mol. The maximum absolute atomic E-state index is 12.7. The highest BCUT2D eigenvalue weighted by Crippen LogP contribution is 2.36. The van der Waals surface area contributed by atoms with Crippen molar-refractivity contribution in [3.05, 3.63) is 64.6 Å². The molecule has 0 unspecified atom stereocenters. The van der Waals surface area contributed by atoms with Crippen LogP contribution in [-0.4, -0.2) is 26.2 Å². The molecule has 3 aromatic rings. The molecule has 1 saturated carbocycles. The lowest BCUT2D eigenvalue weighted by Gasteiger charge is -2.21. The van der Waals surface area contributed by atoms with E-state index in [1.165, 1.54) is 6.42 Å². The van der Waals surface area contributed by atoms with Crippen LogP contribution in [0.2, 0.25) is 0 Å². The van der Waals surface area contributed by atoms with Gasteiger partial charge in [0.15, 0.2) is 0 Å². The molecule has 1 aliphatic rings. The minimum absolute atomic E-state index is 0.177. The molecule has 2 heterocycles. The Hall–Kier alpha value is -3.15. The van der Waals surface area contributed by atoms with Crippen LogP contribution in [0.4, 0.5) is 0 Å². The molecule has 0 aliphatic heterocycles. The van der Waals surface area contributed by atoms with Crippen molar-refractivity contribution >= 4 is 17.2 Å². The summed E-state index contributed by atoms with van der Waals surface area (Å²) in [5, 5.41) is 10.9. The molecule has 6 heteroatoms. The van der Waals surface area contributed by atoms with E-state index in [9.17, 15) is 14.7 Å². The Kier molecular flexibility index (Phi) is 5.57. The number of fused-ring (bicyclic) bond motifs is 1. The van der Waals surface area contributed by atoms with Crippen molar-refractivity contribution in [1.29, 1.82) is 0 Å². The number of nitrogens with zero attached hydrogens (tertiary/aromatic N) is 2. The van der Waals surface area contributed by atoms with Gasteiger partial charge >= 0.3 is 0 Å². The van der Waals surface area contributed by atoms with Gasteiger partial charge in [0.2, 0.25) is 5.88 Å². The van der Waals surface area contributed by atoms with Gasteiger partial charge in [-0.15, -0.1) is 0 Å². The molecule has 2 aromatic heterocycles. The first-order chi connectivity index (χ1) is 14.5. The monoisotopic (exact) mass is 405 g/mol. The third kappa shape index (κ3) is 3.58. The van der Waals surface area contributed by atoms with Crippen LogP contribution >= 0.6 is 0 Å². The van der Waals surface area contributed by atoms with E-state index < -0.39 is 11.7 Å². The second kappa shape index (κ2) is 8.30. The number of nitrogens with two attached hydrogens (primary N) is 1.